The van der Waals surface area contributed by atoms with Crippen LogP contribution in [0, 0.1) is 5.92 Å². The zero-order valence-corrected chi connectivity index (χ0v) is 10.3. The Morgan fingerprint density at radius 2 is 2.17 bits per heavy atom. The smallest absolute Gasteiger partial charge is 0.316 e. The molecule has 0 aliphatic carbocycles. The third-order valence-corrected chi connectivity index (χ3v) is 3.50. The lowest BCUT2D eigenvalue weighted by atomic mass is 10.1. The van der Waals surface area contributed by atoms with E-state index in [9.17, 15) is 4.79 Å². The molecule has 18 heavy (non-hydrogen) atoms. The summed E-state index contributed by atoms with van der Waals surface area (Å²) in [7, 11) is 0. The summed E-state index contributed by atoms with van der Waals surface area (Å²) in [6.07, 6.45) is 1.26. The van der Waals surface area contributed by atoms with Crippen molar-refractivity contribution >= 4 is 11.0 Å². The first kappa shape index (κ1) is 11.5. The first-order valence-electron chi connectivity index (χ1n) is 6.43. The number of H-pyrrole nitrogens is 2. The van der Waals surface area contributed by atoms with E-state index in [1.54, 1.807) is 0 Å². The summed E-state index contributed by atoms with van der Waals surface area (Å²) >= 11 is 0. The molecule has 0 spiro atoms. The number of fused-ring (bicyclic) bond motifs is 1. The molecule has 4 N–H and O–H groups in total. The maximum Gasteiger partial charge on any atom is 0.323 e. The molecule has 0 saturated carbocycles. The summed E-state index contributed by atoms with van der Waals surface area (Å²) < 4.78 is 0. The lowest BCUT2D eigenvalue weighted by molar-refractivity contribution is 0.513. The van der Waals surface area contributed by atoms with Gasteiger partial charge in [-0.05, 0) is 49.7 Å². The van der Waals surface area contributed by atoms with E-state index in [1.165, 1.54) is 12.0 Å². The summed E-state index contributed by atoms with van der Waals surface area (Å²) in [5, 5.41) is 6.84. The van der Waals surface area contributed by atoms with Crippen LogP contribution < -0.4 is 16.3 Å². The van der Waals surface area contributed by atoms with Crippen LogP contribution >= 0.6 is 0 Å². The molecule has 1 unspecified atom stereocenters. The molecule has 1 aliphatic heterocycles. The number of aromatic nitrogens is 2. The molecule has 2 aromatic rings. The highest BCUT2D eigenvalue weighted by molar-refractivity contribution is 5.74. The van der Waals surface area contributed by atoms with E-state index >= 15 is 0 Å². The number of imidazole rings is 1. The zero-order chi connectivity index (χ0) is 12.4. The van der Waals surface area contributed by atoms with Crippen molar-refractivity contribution in [3.63, 3.8) is 0 Å². The van der Waals surface area contributed by atoms with Crippen LogP contribution in [0.2, 0.25) is 0 Å². The van der Waals surface area contributed by atoms with Crippen LogP contribution in [-0.2, 0) is 6.54 Å². The number of aromatic amines is 2. The number of hydrogen-bond donors (Lipinski definition) is 4. The molecule has 0 radical (unpaired) electrons. The molecule has 0 amide bonds. The van der Waals surface area contributed by atoms with Crippen LogP contribution in [0.5, 0.6) is 0 Å². The first-order chi connectivity index (χ1) is 8.81. The summed E-state index contributed by atoms with van der Waals surface area (Å²) in [5.74, 6) is 0.751. The Balaban J connectivity index is 1.61. The third-order valence-electron chi connectivity index (χ3n) is 3.50. The SMILES string of the molecule is O=c1[nH]c2ccc(CNCC3CCNC3)cc2[nH]1. The molecule has 2 heterocycles. The van der Waals surface area contributed by atoms with E-state index in [0.29, 0.717) is 0 Å². The Labute approximate surface area is 105 Å². The molecule has 1 atom stereocenters. The van der Waals surface area contributed by atoms with Crippen LogP contribution in [0.15, 0.2) is 23.0 Å². The molecule has 1 fully saturated rings. The van der Waals surface area contributed by atoms with Crippen molar-refractivity contribution in [3.8, 4) is 0 Å². The Kier molecular flexibility index (Phi) is 3.17. The molecule has 1 aromatic heterocycles. The second-order valence-corrected chi connectivity index (χ2v) is 4.95. The van der Waals surface area contributed by atoms with Crippen molar-refractivity contribution in [3.05, 3.63) is 34.2 Å². The van der Waals surface area contributed by atoms with E-state index < -0.39 is 0 Å². The molecular weight excluding hydrogens is 228 g/mol. The van der Waals surface area contributed by atoms with Gasteiger partial charge in [-0.15, -0.1) is 0 Å². The highest BCUT2D eigenvalue weighted by Gasteiger charge is 2.13. The summed E-state index contributed by atoms with van der Waals surface area (Å²) in [6, 6.07) is 6.01. The Morgan fingerprint density at radius 3 is 3.00 bits per heavy atom. The van der Waals surface area contributed by atoms with Crippen molar-refractivity contribution < 1.29 is 0 Å². The minimum absolute atomic E-state index is 0.146. The maximum atomic E-state index is 11.2. The van der Waals surface area contributed by atoms with Crippen LogP contribution in [0.1, 0.15) is 12.0 Å². The van der Waals surface area contributed by atoms with Gasteiger partial charge in [0.2, 0.25) is 0 Å². The number of hydrogen-bond acceptors (Lipinski definition) is 3. The number of nitrogens with one attached hydrogen (secondary N) is 4. The van der Waals surface area contributed by atoms with E-state index in [0.717, 1.165) is 43.1 Å². The quantitative estimate of drug-likeness (QED) is 0.637. The van der Waals surface area contributed by atoms with E-state index in [2.05, 4.69) is 20.6 Å². The normalized spacial score (nSPS) is 19.7. The molecule has 96 valence electrons. The molecule has 1 saturated heterocycles. The topological polar surface area (TPSA) is 72.7 Å². The lowest BCUT2D eigenvalue weighted by Gasteiger charge is -2.09. The fourth-order valence-corrected chi connectivity index (χ4v) is 2.50. The fraction of sp³-hybridized carbons (Fsp3) is 0.462. The van der Waals surface area contributed by atoms with Crippen LogP contribution in [0.25, 0.3) is 11.0 Å². The van der Waals surface area contributed by atoms with Crippen LogP contribution in [0.4, 0.5) is 0 Å². The molecular formula is C13H18N4O. The average Bonchev–Trinajstić information content (AvgIpc) is 2.96. The number of rotatable bonds is 4. The van der Waals surface area contributed by atoms with E-state index in [-0.39, 0.29) is 5.69 Å². The monoisotopic (exact) mass is 246 g/mol. The molecule has 0 bridgehead atoms. The standard InChI is InChI=1S/C13H18N4O/c18-13-16-11-2-1-9(5-12(11)17-13)6-15-8-10-3-4-14-7-10/h1-2,5,10,14-15H,3-4,6-8H2,(H2,16,17,18). The minimum atomic E-state index is -0.146. The average molecular weight is 246 g/mol. The Hall–Kier alpha value is -1.59. The molecule has 5 nitrogen and oxygen atoms in total. The summed E-state index contributed by atoms with van der Waals surface area (Å²) in [4.78, 5) is 16.7. The molecule has 1 aliphatic rings. The van der Waals surface area contributed by atoms with Crippen LogP contribution in [-0.4, -0.2) is 29.6 Å². The highest BCUT2D eigenvalue weighted by Crippen LogP contribution is 2.10. The minimum Gasteiger partial charge on any atom is -0.316 e. The fourth-order valence-electron chi connectivity index (χ4n) is 2.50. The maximum absolute atomic E-state index is 11.2. The van der Waals surface area contributed by atoms with Gasteiger partial charge in [-0.25, -0.2) is 4.79 Å². The molecule has 5 heteroatoms. The van der Waals surface area contributed by atoms with E-state index in [4.69, 9.17) is 0 Å². The van der Waals surface area contributed by atoms with Gasteiger partial charge in [0, 0.05) is 6.54 Å². The first-order valence-corrected chi connectivity index (χ1v) is 6.43. The Morgan fingerprint density at radius 1 is 1.28 bits per heavy atom. The van der Waals surface area contributed by atoms with Gasteiger partial charge in [-0.3, -0.25) is 0 Å². The predicted octanol–water partition coefficient (Wildman–Crippen LogP) is 0.555. The zero-order valence-electron chi connectivity index (χ0n) is 10.3. The molecule has 3 rings (SSSR count). The summed E-state index contributed by atoms with van der Waals surface area (Å²) in [6.45, 7) is 4.16. The van der Waals surface area contributed by atoms with Crippen molar-refractivity contribution in [2.75, 3.05) is 19.6 Å². The third kappa shape index (κ3) is 2.47. The van der Waals surface area contributed by atoms with Crippen LogP contribution in [0.3, 0.4) is 0 Å². The van der Waals surface area contributed by atoms with Gasteiger partial charge in [0.05, 0.1) is 11.0 Å². The van der Waals surface area contributed by atoms with Gasteiger partial charge in [0.15, 0.2) is 0 Å². The van der Waals surface area contributed by atoms with E-state index in [1.807, 2.05) is 18.2 Å². The highest BCUT2D eigenvalue weighted by atomic mass is 16.1. The predicted molar refractivity (Wildman–Crippen MR) is 71.6 cm³/mol. The van der Waals surface area contributed by atoms with Gasteiger partial charge >= 0.3 is 5.69 Å². The van der Waals surface area contributed by atoms with Crippen molar-refractivity contribution in [1.29, 1.82) is 0 Å². The van der Waals surface area contributed by atoms with Crippen molar-refractivity contribution in [1.82, 2.24) is 20.6 Å². The molecule has 1 aromatic carbocycles. The van der Waals surface area contributed by atoms with Gasteiger partial charge in [0.1, 0.15) is 0 Å². The Bertz CT molecular complexity index is 580. The number of benzene rings is 1. The second-order valence-electron chi connectivity index (χ2n) is 4.95. The van der Waals surface area contributed by atoms with Gasteiger partial charge < -0.3 is 20.6 Å². The largest absolute Gasteiger partial charge is 0.323 e. The second kappa shape index (κ2) is 4.96. The summed E-state index contributed by atoms with van der Waals surface area (Å²) in [5.41, 5.74) is 2.79. The van der Waals surface area contributed by atoms with Gasteiger partial charge in [0.25, 0.3) is 0 Å². The van der Waals surface area contributed by atoms with Crippen molar-refractivity contribution in [2.45, 2.75) is 13.0 Å². The lowest BCUT2D eigenvalue weighted by Crippen LogP contribution is -2.24. The van der Waals surface area contributed by atoms with Crippen molar-refractivity contribution in [2.24, 2.45) is 5.92 Å². The van der Waals surface area contributed by atoms with Gasteiger partial charge in [-0.1, -0.05) is 6.07 Å². The van der Waals surface area contributed by atoms with Gasteiger partial charge in [-0.2, -0.15) is 0 Å².